The van der Waals surface area contributed by atoms with Crippen LogP contribution in [0.15, 0.2) is 0 Å². The molecule has 1 fully saturated rings. The van der Waals surface area contributed by atoms with Gasteiger partial charge in [0.05, 0.1) is 12.2 Å². The monoisotopic (exact) mass is 221 g/mol. The van der Waals surface area contributed by atoms with Crippen molar-refractivity contribution in [1.82, 2.24) is 4.31 Å². The zero-order valence-corrected chi connectivity index (χ0v) is 8.96. The fourth-order valence-corrected chi connectivity index (χ4v) is 2.52. The third-order valence-corrected chi connectivity index (χ3v) is 3.72. The minimum atomic E-state index is -3.25. The first-order valence-electron chi connectivity index (χ1n) is 4.59. The summed E-state index contributed by atoms with van der Waals surface area (Å²) in [5.41, 5.74) is 0. The van der Waals surface area contributed by atoms with Crippen molar-refractivity contribution in [3.8, 4) is 0 Å². The quantitative estimate of drug-likeness (QED) is 0.719. The lowest BCUT2D eigenvalue weighted by molar-refractivity contribution is -0.142. The molecule has 1 aliphatic heterocycles. The molecule has 6 heteroatoms. The van der Waals surface area contributed by atoms with E-state index in [1.54, 1.807) is 0 Å². The van der Waals surface area contributed by atoms with Crippen molar-refractivity contribution in [2.45, 2.75) is 19.3 Å². The third-order valence-electron chi connectivity index (χ3n) is 2.45. The molecule has 0 aromatic rings. The zero-order valence-electron chi connectivity index (χ0n) is 8.14. The third kappa shape index (κ3) is 2.95. The first-order chi connectivity index (χ1) is 6.41. The predicted molar refractivity (Wildman–Crippen MR) is 51.4 cm³/mol. The fraction of sp³-hybridized carbons (Fsp3) is 0.875. The van der Waals surface area contributed by atoms with Gasteiger partial charge in [0, 0.05) is 13.1 Å². The summed E-state index contributed by atoms with van der Waals surface area (Å²) in [6.45, 7) is 0.566. The molecule has 1 unspecified atom stereocenters. The average Bonchev–Trinajstić information content (AvgIpc) is 2.26. The van der Waals surface area contributed by atoms with Crippen LogP contribution in [0.4, 0.5) is 0 Å². The summed E-state index contributed by atoms with van der Waals surface area (Å²) >= 11 is 0. The Morgan fingerprint density at radius 1 is 1.43 bits per heavy atom. The van der Waals surface area contributed by atoms with Gasteiger partial charge in [-0.25, -0.2) is 12.7 Å². The Labute approximate surface area is 83.8 Å². The van der Waals surface area contributed by atoms with E-state index in [4.69, 9.17) is 5.11 Å². The molecule has 1 atom stereocenters. The van der Waals surface area contributed by atoms with Crippen molar-refractivity contribution in [2.75, 3.05) is 19.3 Å². The number of carbonyl (C=O) groups is 1. The highest BCUT2D eigenvalue weighted by atomic mass is 32.2. The molecule has 1 N–H and O–H groups in total. The maximum absolute atomic E-state index is 11.2. The first-order valence-corrected chi connectivity index (χ1v) is 6.44. The van der Waals surface area contributed by atoms with Gasteiger partial charge in [0.15, 0.2) is 0 Å². The molecule has 1 saturated heterocycles. The molecule has 0 amide bonds. The fourth-order valence-electron chi connectivity index (χ4n) is 1.61. The summed E-state index contributed by atoms with van der Waals surface area (Å²) in [4.78, 5) is 10.8. The molecule has 0 spiro atoms. The van der Waals surface area contributed by atoms with Crippen LogP contribution in [0.3, 0.4) is 0 Å². The highest BCUT2D eigenvalue weighted by Gasteiger charge is 2.27. The van der Waals surface area contributed by atoms with E-state index in [0.717, 1.165) is 19.1 Å². The van der Waals surface area contributed by atoms with Gasteiger partial charge in [-0.1, -0.05) is 6.42 Å². The SMILES string of the molecule is CS(=O)(=O)N1CCCCC(C(=O)O)C1. The highest BCUT2D eigenvalue weighted by molar-refractivity contribution is 7.88. The van der Waals surface area contributed by atoms with E-state index < -0.39 is 21.9 Å². The van der Waals surface area contributed by atoms with Gasteiger partial charge >= 0.3 is 5.97 Å². The lowest BCUT2D eigenvalue weighted by Gasteiger charge is -2.19. The zero-order chi connectivity index (χ0) is 10.8. The number of aliphatic carboxylic acids is 1. The van der Waals surface area contributed by atoms with Crippen LogP contribution in [0, 0.1) is 5.92 Å². The maximum atomic E-state index is 11.2. The summed E-state index contributed by atoms with van der Waals surface area (Å²) in [5.74, 6) is -1.45. The van der Waals surface area contributed by atoms with Gasteiger partial charge in [-0.3, -0.25) is 4.79 Å². The van der Waals surface area contributed by atoms with E-state index in [1.165, 1.54) is 4.31 Å². The summed E-state index contributed by atoms with van der Waals surface area (Å²) in [6.07, 6.45) is 3.22. The molecule has 82 valence electrons. The predicted octanol–water partition coefficient (Wildman–Crippen LogP) is 0.133. The summed E-state index contributed by atoms with van der Waals surface area (Å²) in [5, 5.41) is 8.83. The molecule has 1 rings (SSSR count). The van der Waals surface area contributed by atoms with Crippen molar-refractivity contribution in [3.63, 3.8) is 0 Å². The molecular formula is C8H15NO4S. The van der Waals surface area contributed by atoms with Crippen LogP contribution in [-0.2, 0) is 14.8 Å². The Bertz CT molecular complexity index is 311. The van der Waals surface area contributed by atoms with Gasteiger partial charge < -0.3 is 5.11 Å². The van der Waals surface area contributed by atoms with E-state index in [1.807, 2.05) is 0 Å². The maximum Gasteiger partial charge on any atom is 0.307 e. The van der Waals surface area contributed by atoms with Crippen molar-refractivity contribution in [2.24, 2.45) is 5.92 Å². The summed E-state index contributed by atoms with van der Waals surface area (Å²) in [6, 6.07) is 0. The van der Waals surface area contributed by atoms with Crippen LogP contribution in [-0.4, -0.2) is 43.1 Å². The molecule has 0 aromatic heterocycles. The van der Waals surface area contributed by atoms with E-state index in [0.29, 0.717) is 13.0 Å². The Kier molecular flexibility index (Phi) is 3.49. The second kappa shape index (κ2) is 4.27. The molecular weight excluding hydrogens is 206 g/mol. The van der Waals surface area contributed by atoms with E-state index in [2.05, 4.69) is 0 Å². The summed E-state index contributed by atoms with van der Waals surface area (Å²) < 4.78 is 23.7. The van der Waals surface area contributed by atoms with E-state index in [9.17, 15) is 13.2 Å². The number of hydrogen-bond acceptors (Lipinski definition) is 3. The standard InChI is InChI=1S/C8H15NO4S/c1-14(12,13)9-5-3-2-4-7(6-9)8(10)11/h7H,2-6H2,1H3,(H,10,11). The first kappa shape index (κ1) is 11.5. The number of nitrogens with zero attached hydrogens (tertiary/aromatic N) is 1. The Morgan fingerprint density at radius 3 is 2.57 bits per heavy atom. The van der Waals surface area contributed by atoms with Crippen molar-refractivity contribution >= 4 is 16.0 Å². The Hall–Kier alpha value is -0.620. The molecule has 14 heavy (non-hydrogen) atoms. The van der Waals surface area contributed by atoms with Gasteiger partial charge in [-0.15, -0.1) is 0 Å². The number of carboxylic acids is 1. The van der Waals surface area contributed by atoms with Crippen molar-refractivity contribution in [1.29, 1.82) is 0 Å². The molecule has 0 radical (unpaired) electrons. The molecule has 1 heterocycles. The van der Waals surface area contributed by atoms with Crippen LogP contribution < -0.4 is 0 Å². The number of sulfonamides is 1. The normalized spacial score (nSPS) is 25.6. The van der Waals surface area contributed by atoms with Crippen LogP contribution >= 0.6 is 0 Å². The Morgan fingerprint density at radius 2 is 2.07 bits per heavy atom. The number of rotatable bonds is 2. The lowest BCUT2D eigenvalue weighted by atomic mass is 10.0. The smallest absolute Gasteiger partial charge is 0.307 e. The van der Waals surface area contributed by atoms with Crippen LogP contribution in [0.1, 0.15) is 19.3 Å². The molecule has 0 bridgehead atoms. The molecule has 0 aliphatic carbocycles. The van der Waals surface area contributed by atoms with Crippen LogP contribution in [0.2, 0.25) is 0 Å². The number of carboxylic acid groups (broad SMARTS) is 1. The van der Waals surface area contributed by atoms with Crippen LogP contribution in [0.25, 0.3) is 0 Å². The minimum Gasteiger partial charge on any atom is -0.481 e. The highest BCUT2D eigenvalue weighted by Crippen LogP contribution is 2.18. The van der Waals surface area contributed by atoms with Gasteiger partial charge in [-0.05, 0) is 12.8 Å². The van der Waals surface area contributed by atoms with Gasteiger partial charge in [0.1, 0.15) is 0 Å². The second-order valence-electron chi connectivity index (χ2n) is 3.65. The molecule has 5 nitrogen and oxygen atoms in total. The van der Waals surface area contributed by atoms with Crippen molar-refractivity contribution in [3.05, 3.63) is 0 Å². The molecule has 0 saturated carbocycles. The lowest BCUT2D eigenvalue weighted by Crippen LogP contribution is -2.35. The van der Waals surface area contributed by atoms with Gasteiger partial charge in [0.25, 0.3) is 0 Å². The van der Waals surface area contributed by atoms with Gasteiger partial charge in [0.2, 0.25) is 10.0 Å². The Balaban J connectivity index is 2.75. The van der Waals surface area contributed by atoms with E-state index in [-0.39, 0.29) is 6.54 Å². The number of hydrogen-bond donors (Lipinski definition) is 1. The molecule has 1 aliphatic rings. The second-order valence-corrected chi connectivity index (χ2v) is 5.63. The van der Waals surface area contributed by atoms with Crippen LogP contribution in [0.5, 0.6) is 0 Å². The van der Waals surface area contributed by atoms with E-state index >= 15 is 0 Å². The largest absolute Gasteiger partial charge is 0.481 e. The minimum absolute atomic E-state index is 0.119. The average molecular weight is 221 g/mol. The molecule has 0 aromatic carbocycles. The van der Waals surface area contributed by atoms with Crippen molar-refractivity contribution < 1.29 is 18.3 Å². The van der Waals surface area contributed by atoms with Gasteiger partial charge in [-0.2, -0.15) is 0 Å². The summed E-state index contributed by atoms with van der Waals surface area (Å²) in [7, 11) is -3.25. The topological polar surface area (TPSA) is 74.7 Å².